The Hall–Kier alpha value is -1.36. The summed E-state index contributed by atoms with van der Waals surface area (Å²) in [5.41, 5.74) is 0.517. The number of benzene rings is 1. The van der Waals surface area contributed by atoms with Crippen LogP contribution in [0.15, 0.2) is 22.6 Å². The molecule has 0 bridgehead atoms. The summed E-state index contributed by atoms with van der Waals surface area (Å²) in [4.78, 5) is 0. The van der Waals surface area contributed by atoms with Crippen molar-refractivity contribution in [1.82, 2.24) is 0 Å². The van der Waals surface area contributed by atoms with Gasteiger partial charge >= 0.3 is 0 Å². The highest BCUT2D eigenvalue weighted by Crippen LogP contribution is 2.22. The summed E-state index contributed by atoms with van der Waals surface area (Å²) < 4.78 is 20.2. The molecule has 0 amide bonds. The first-order valence-corrected chi connectivity index (χ1v) is 6.28. The number of nitrogens with zero attached hydrogens (tertiary/aromatic N) is 1. The van der Waals surface area contributed by atoms with Gasteiger partial charge in [-0.3, -0.25) is 0 Å². The highest BCUT2D eigenvalue weighted by molar-refractivity contribution is 7.85. The summed E-state index contributed by atoms with van der Waals surface area (Å²) in [5.74, 6) is 0.621. The van der Waals surface area contributed by atoms with E-state index in [2.05, 4.69) is 4.40 Å². The van der Waals surface area contributed by atoms with Gasteiger partial charge in [-0.05, 0) is 32.9 Å². The molecule has 0 aliphatic heterocycles. The van der Waals surface area contributed by atoms with Crippen LogP contribution >= 0.6 is 0 Å². The minimum Gasteiger partial charge on any atom is -0.507 e. The van der Waals surface area contributed by atoms with Crippen LogP contribution < -0.4 is 4.74 Å². The molecule has 1 N–H and O–H groups in total. The lowest BCUT2D eigenvalue weighted by Gasteiger charge is -2.12. The van der Waals surface area contributed by atoms with Crippen LogP contribution in [0.4, 0.5) is 0 Å². The van der Waals surface area contributed by atoms with E-state index in [4.69, 9.17) is 4.74 Å². The molecule has 0 radical (unpaired) electrons. The first kappa shape index (κ1) is 13.7. The Morgan fingerprint density at radius 1 is 1.41 bits per heavy atom. The summed E-state index contributed by atoms with van der Waals surface area (Å²) in [6.07, 6.45) is 1.41. The third kappa shape index (κ3) is 3.85. The minimum atomic E-state index is -1.33. The van der Waals surface area contributed by atoms with E-state index in [1.54, 1.807) is 12.1 Å². The quantitative estimate of drug-likeness (QED) is 0.843. The minimum absolute atomic E-state index is 0.0546. The largest absolute Gasteiger partial charge is 0.507 e. The van der Waals surface area contributed by atoms with Crippen LogP contribution in [0.5, 0.6) is 11.5 Å². The van der Waals surface area contributed by atoms with E-state index in [1.165, 1.54) is 19.4 Å². The van der Waals surface area contributed by atoms with Crippen molar-refractivity contribution >= 4 is 17.2 Å². The zero-order valence-corrected chi connectivity index (χ0v) is 11.2. The molecule has 17 heavy (non-hydrogen) atoms. The predicted molar refractivity (Wildman–Crippen MR) is 70.1 cm³/mol. The maximum Gasteiger partial charge on any atom is 0.144 e. The van der Waals surface area contributed by atoms with Gasteiger partial charge in [0, 0.05) is 17.8 Å². The summed E-state index contributed by atoms with van der Waals surface area (Å²) in [7, 11) is 0.199. The molecule has 1 atom stereocenters. The molecular formula is C12H17NO3S. The number of rotatable bonds is 3. The fourth-order valence-electron chi connectivity index (χ4n) is 1.02. The monoisotopic (exact) mass is 255 g/mol. The van der Waals surface area contributed by atoms with E-state index >= 15 is 0 Å². The third-order valence-electron chi connectivity index (χ3n) is 2.05. The second kappa shape index (κ2) is 5.31. The molecule has 0 aliphatic rings. The summed E-state index contributed by atoms with van der Waals surface area (Å²) >= 11 is 0. The molecule has 0 saturated carbocycles. The van der Waals surface area contributed by atoms with Gasteiger partial charge in [-0.25, -0.2) is 4.21 Å². The summed E-state index contributed by atoms with van der Waals surface area (Å²) in [6, 6.07) is 4.86. The molecule has 0 aliphatic carbocycles. The average molecular weight is 255 g/mol. The first-order chi connectivity index (χ1) is 7.84. The maximum atomic E-state index is 11.7. The second-order valence-corrected chi connectivity index (χ2v) is 6.45. The average Bonchev–Trinajstić information content (AvgIpc) is 2.25. The smallest absolute Gasteiger partial charge is 0.144 e. The van der Waals surface area contributed by atoms with Crippen LogP contribution in [0, 0.1) is 0 Å². The van der Waals surface area contributed by atoms with Crippen molar-refractivity contribution in [2.24, 2.45) is 4.40 Å². The Labute approximate surface area is 104 Å². The number of ether oxygens (including phenoxy) is 1. The SMILES string of the molecule is COc1ccc(C=N[S@@](=O)C(C)(C)C)c(O)c1. The third-order valence-corrected chi connectivity index (χ3v) is 3.39. The Balaban J connectivity index is 2.89. The van der Waals surface area contributed by atoms with Crippen LogP contribution in [0.2, 0.25) is 0 Å². The van der Waals surface area contributed by atoms with Gasteiger partial charge in [-0.2, -0.15) is 4.40 Å². The molecule has 1 aromatic rings. The number of aromatic hydroxyl groups is 1. The number of hydrogen-bond acceptors (Lipinski definition) is 3. The number of methoxy groups -OCH3 is 1. The van der Waals surface area contributed by atoms with Gasteiger partial charge in [-0.1, -0.05) is 0 Å². The Kier molecular flexibility index (Phi) is 4.28. The van der Waals surface area contributed by atoms with Crippen LogP contribution in [0.3, 0.4) is 0 Å². The van der Waals surface area contributed by atoms with Crippen molar-refractivity contribution < 1.29 is 14.1 Å². The van der Waals surface area contributed by atoms with E-state index in [0.29, 0.717) is 11.3 Å². The lowest BCUT2D eigenvalue weighted by molar-refractivity contribution is 0.407. The van der Waals surface area contributed by atoms with Gasteiger partial charge in [0.1, 0.15) is 22.5 Å². The zero-order chi connectivity index (χ0) is 13.1. The van der Waals surface area contributed by atoms with Gasteiger partial charge in [-0.15, -0.1) is 0 Å². The predicted octanol–water partition coefficient (Wildman–Crippen LogP) is 2.28. The maximum absolute atomic E-state index is 11.7. The zero-order valence-electron chi connectivity index (χ0n) is 10.4. The molecule has 0 unspecified atom stereocenters. The number of hydrogen-bond donors (Lipinski definition) is 1. The number of phenols is 1. The summed E-state index contributed by atoms with van der Waals surface area (Å²) in [5, 5.41) is 9.67. The van der Waals surface area contributed by atoms with Crippen molar-refractivity contribution in [3.8, 4) is 11.5 Å². The van der Waals surface area contributed by atoms with E-state index in [-0.39, 0.29) is 5.75 Å². The van der Waals surface area contributed by atoms with Crippen molar-refractivity contribution in [2.45, 2.75) is 25.5 Å². The van der Waals surface area contributed by atoms with Crippen LogP contribution in [-0.4, -0.2) is 27.4 Å². The standard InChI is InChI=1S/C12H17NO3S/c1-12(2,3)17(15)13-8-9-5-6-10(16-4)7-11(9)14/h5-8,14H,1-4H3/t17-/m0/s1. The molecule has 4 nitrogen and oxygen atoms in total. The molecule has 5 heteroatoms. The Bertz CT molecular complexity index is 450. The van der Waals surface area contributed by atoms with Crippen molar-refractivity contribution in [1.29, 1.82) is 0 Å². The fraction of sp³-hybridized carbons (Fsp3) is 0.417. The Morgan fingerprint density at radius 3 is 2.53 bits per heavy atom. The molecule has 94 valence electrons. The molecular weight excluding hydrogens is 238 g/mol. The topological polar surface area (TPSA) is 58.9 Å². The van der Waals surface area contributed by atoms with Crippen molar-refractivity contribution in [3.63, 3.8) is 0 Å². The van der Waals surface area contributed by atoms with Crippen LogP contribution in [0.25, 0.3) is 0 Å². The van der Waals surface area contributed by atoms with E-state index in [9.17, 15) is 9.32 Å². The van der Waals surface area contributed by atoms with Crippen molar-refractivity contribution in [3.05, 3.63) is 23.8 Å². The van der Waals surface area contributed by atoms with Gasteiger partial charge in [0.2, 0.25) is 0 Å². The Morgan fingerprint density at radius 2 is 2.06 bits per heavy atom. The van der Waals surface area contributed by atoms with Gasteiger partial charge < -0.3 is 9.84 Å². The molecule has 0 fully saturated rings. The van der Waals surface area contributed by atoms with E-state index < -0.39 is 15.7 Å². The van der Waals surface area contributed by atoms with Gasteiger partial charge in [0.05, 0.1) is 11.9 Å². The molecule has 0 spiro atoms. The normalized spacial score (nSPS) is 13.9. The fourth-order valence-corrected chi connectivity index (χ4v) is 1.55. The lowest BCUT2D eigenvalue weighted by Crippen LogP contribution is -2.19. The molecule has 0 heterocycles. The molecule has 0 aromatic heterocycles. The summed E-state index contributed by atoms with van der Waals surface area (Å²) in [6.45, 7) is 5.52. The highest BCUT2D eigenvalue weighted by atomic mass is 32.2. The van der Waals surface area contributed by atoms with Crippen LogP contribution in [0.1, 0.15) is 26.3 Å². The van der Waals surface area contributed by atoms with E-state index in [1.807, 2.05) is 20.8 Å². The van der Waals surface area contributed by atoms with Crippen molar-refractivity contribution in [2.75, 3.05) is 7.11 Å². The van der Waals surface area contributed by atoms with Crippen LogP contribution in [-0.2, 0) is 11.0 Å². The van der Waals surface area contributed by atoms with Gasteiger partial charge in [0.15, 0.2) is 0 Å². The highest BCUT2D eigenvalue weighted by Gasteiger charge is 2.18. The van der Waals surface area contributed by atoms with Gasteiger partial charge in [0.25, 0.3) is 0 Å². The van der Waals surface area contributed by atoms with E-state index in [0.717, 1.165) is 0 Å². The lowest BCUT2D eigenvalue weighted by atomic mass is 10.2. The first-order valence-electron chi connectivity index (χ1n) is 5.17. The second-order valence-electron chi connectivity index (χ2n) is 4.52. The molecule has 1 rings (SSSR count). The molecule has 0 saturated heterocycles. The number of phenolic OH excluding ortho intramolecular Hbond substituents is 1. The molecule has 1 aromatic carbocycles.